The van der Waals surface area contributed by atoms with Crippen molar-refractivity contribution in [2.24, 2.45) is 0 Å². The van der Waals surface area contributed by atoms with Gasteiger partial charge >= 0.3 is 0 Å². The van der Waals surface area contributed by atoms with Crippen molar-refractivity contribution in [3.8, 4) is 11.3 Å². The van der Waals surface area contributed by atoms with Crippen LogP contribution in [0.3, 0.4) is 0 Å². The fourth-order valence-electron chi connectivity index (χ4n) is 2.53. The number of hydrogen-bond donors (Lipinski definition) is 2. The molecule has 3 aromatic rings. The summed E-state index contributed by atoms with van der Waals surface area (Å²) in [7, 11) is 0. The van der Waals surface area contributed by atoms with Crippen LogP contribution in [-0.2, 0) is 4.79 Å². The molecular formula is C20H15Br2FN2O2. The minimum Gasteiger partial charge on any atom is -0.457 e. The second-order valence-electron chi connectivity index (χ2n) is 5.84. The van der Waals surface area contributed by atoms with E-state index in [4.69, 9.17) is 10.2 Å². The lowest BCUT2D eigenvalue weighted by molar-refractivity contribution is -0.111. The number of carbonyl (C=O) groups is 1. The summed E-state index contributed by atoms with van der Waals surface area (Å²) < 4.78 is 20.2. The molecule has 0 bridgehead atoms. The predicted octanol–water partition coefficient (Wildman–Crippen LogP) is 6.15. The van der Waals surface area contributed by atoms with Gasteiger partial charge in [-0.2, -0.15) is 0 Å². The average Bonchev–Trinajstić information content (AvgIpc) is 3.05. The van der Waals surface area contributed by atoms with Crippen molar-refractivity contribution < 1.29 is 13.6 Å². The van der Waals surface area contributed by atoms with Crippen LogP contribution in [0.15, 0.2) is 61.9 Å². The Balaban J connectivity index is 1.73. The zero-order chi connectivity index (χ0) is 19.6. The van der Waals surface area contributed by atoms with Crippen molar-refractivity contribution >= 4 is 55.2 Å². The topological polar surface area (TPSA) is 68.3 Å². The summed E-state index contributed by atoms with van der Waals surface area (Å²) in [5, 5.41) is 2.81. The van der Waals surface area contributed by atoms with Gasteiger partial charge in [0, 0.05) is 26.3 Å². The number of carbonyl (C=O) groups excluding carboxylic acids is 1. The van der Waals surface area contributed by atoms with E-state index in [9.17, 15) is 9.18 Å². The maximum absolute atomic E-state index is 13.2. The molecule has 0 atom stereocenters. The highest BCUT2D eigenvalue weighted by Gasteiger charge is 2.10. The standard InChI is InChI=1S/C20H15Br2FN2O2/c1-11-8-13(24)10-17(22)20(11)25-19(26)7-4-14-3-6-18(27-14)15-5-2-12(23)9-16(15)21/h2-10H,24H2,1H3,(H,25,26)/b7-4+. The first-order valence-electron chi connectivity index (χ1n) is 7.93. The molecule has 3 N–H and O–H groups in total. The van der Waals surface area contributed by atoms with Gasteiger partial charge in [0.25, 0.3) is 0 Å². The molecule has 27 heavy (non-hydrogen) atoms. The molecule has 1 heterocycles. The molecule has 0 saturated heterocycles. The Morgan fingerprint density at radius 2 is 1.93 bits per heavy atom. The lowest BCUT2D eigenvalue weighted by Gasteiger charge is -2.10. The van der Waals surface area contributed by atoms with E-state index in [1.54, 1.807) is 36.4 Å². The minimum atomic E-state index is -0.335. The van der Waals surface area contributed by atoms with Crippen LogP contribution in [0.4, 0.5) is 15.8 Å². The first-order chi connectivity index (χ1) is 12.8. The van der Waals surface area contributed by atoms with Crippen molar-refractivity contribution in [2.45, 2.75) is 6.92 Å². The fourth-order valence-corrected chi connectivity index (χ4v) is 3.75. The van der Waals surface area contributed by atoms with Gasteiger partial charge in [-0.15, -0.1) is 0 Å². The van der Waals surface area contributed by atoms with Gasteiger partial charge in [-0.1, -0.05) is 0 Å². The van der Waals surface area contributed by atoms with Crippen LogP contribution in [0.5, 0.6) is 0 Å². The van der Waals surface area contributed by atoms with Gasteiger partial charge in [0.05, 0.1) is 5.69 Å². The second kappa shape index (κ2) is 8.10. The Morgan fingerprint density at radius 3 is 2.63 bits per heavy atom. The Kier molecular flexibility index (Phi) is 5.82. The van der Waals surface area contributed by atoms with Crippen LogP contribution < -0.4 is 11.1 Å². The van der Waals surface area contributed by atoms with E-state index in [0.29, 0.717) is 31.8 Å². The SMILES string of the molecule is Cc1cc(N)cc(Br)c1NC(=O)/C=C/c1ccc(-c2ccc(F)cc2Br)o1. The van der Waals surface area contributed by atoms with Crippen molar-refractivity contribution in [1.29, 1.82) is 0 Å². The molecule has 0 spiro atoms. The maximum Gasteiger partial charge on any atom is 0.248 e. The van der Waals surface area contributed by atoms with Gasteiger partial charge in [-0.05, 0) is 92.9 Å². The maximum atomic E-state index is 13.2. The van der Waals surface area contributed by atoms with Crippen molar-refractivity contribution in [3.63, 3.8) is 0 Å². The lowest BCUT2D eigenvalue weighted by atomic mass is 10.2. The highest BCUT2D eigenvalue weighted by Crippen LogP contribution is 2.31. The summed E-state index contributed by atoms with van der Waals surface area (Å²) in [6.45, 7) is 1.86. The molecule has 4 nitrogen and oxygen atoms in total. The average molecular weight is 494 g/mol. The number of furan rings is 1. The van der Waals surface area contributed by atoms with E-state index in [1.807, 2.05) is 6.92 Å². The highest BCUT2D eigenvalue weighted by molar-refractivity contribution is 9.11. The molecular weight excluding hydrogens is 479 g/mol. The number of anilines is 2. The first-order valence-corrected chi connectivity index (χ1v) is 9.52. The number of nitrogen functional groups attached to an aromatic ring is 1. The Hall–Kier alpha value is -2.38. The van der Waals surface area contributed by atoms with Gasteiger partial charge in [-0.3, -0.25) is 4.79 Å². The van der Waals surface area contributed by atoms with Gasteiger partial charge in [-0.25, -0.2) is 4.39 Å². The molecule has 3 rings (SSSR count). The second-order valence-corrected chi connectivity index (χ2v) is 7.55. The number of benzene rings is 2. The van der Waals surface area contributed by atoms with E-state index >= 15 is 0 Å². The van der Waals surface area contributed by atoms with Crippen LogP contribution in [0.25, 0.3) is 17.4 Å². The predicted molar refractivity (Wildman–Crippen MR) is 113 cm³/mol. The molecule has 0 saturated carbocycles. The summed E-state index contributed by atoms with van der Waals surface area (Å²) in [6, 6.07) is 11.4. The number of rotatable bonds is 4. The van der Waals surface area contributed by atoms with E-state index in [1.165, 1.54) is 18.2 Å². The number of halogens is 3. The Labute approximate surface area is 172 Å². The van der Waals surface area contributed by atoms with Crippen molar-refractivity contribution in [2.75, 3.05) is 11.1 Å². The van der Waals surface area contributed by atoms with Gasteiger partial charge in [0.1, 0.15) is 17.3 Å². The fraction of sp³-hybridized carbons (Fsp3) is 0.0500. The summed E-state index contributed by atoms with van der Waals surface area (Å²) in [4.78, 5) is 12.2. The number of nitrogens with two attached hydrogens (primary N) is 1. The van der Waals surface area contributed by atoms with Crippen LogP contribution in [0.2, 0.25) is 0 Å². The van der Waals surface area contributed by atoms with Gasteiger partial charge < -0.3 is 15.5 Å². The molecule has 0 radical (unpaired) electrons. The first kappa shape index (κ1) is 19.4. The van der Waals surface area contributed by atoms with Crippen LogP contribution >= 0.6 is 31.9 Å². The number of amides is 1. The van der Waals surface area contributed by atoms with Crippen molar-refractivity contribution in [1.82, 2.24) is 0 Å². The molecule has 0 aliphatic carbocycles. The zero-order valence-electron chi connectivity index (χ0n) is 14.2. The van der Waals surface area contributed by atoms with Crippen LogP contribution in [0.1, 0.15) is 11.3 Å². The molecule has 138 valence electrons. The van der Waals surface area contributed by atoms with Gasteiger partial charge in [0.15, 0.2) is 0 Å². The third-order valence-corrected chi connectivity index (χ3v) is 5.06. The molecule has 0 aliphatic heterocycles. The van der Waals surface area contributed by atoms with Crippen molar-refractivity contribution in [3.05, 3.63) is 74.6 Å². The molecule has 1 aromatic heterocycles. The molecule has 0 unspecified atom stereocenters. The van der Waals surface area contributed by atoms with E-state index < -0.39 is 0 Å². The zero-order valence-corrected chi connectivity index (χ0v) is 17.4. The number of aryl methyl sites for hydroxylation is 1. The molecule has 0 aliphatic rings. The smallest absolute Gasteiger partial charge is 0.248 e. The largest absolute Gasteiger partial charge is 0.457 e. The summed E-state index contributed by atoms with van der Waals surface area (Å²) >= 11 is 6.71. The number of nitrogens with one attached hydrogen (secondary N) is 1. The third kappa shape index (κ3) is 4.67. The third-order valence-electron chi connectivity index (χ3n) is 3.78. The molecule has 0 fully saturated rings. The lowest BCUT2D eigenvalue weighted by Crippen LogP contribution is -2.09. The molecule has 7 heteroatoms. The quantitative estimate of drug-likeness (QED) is 0.338. The summed E-state index contributed by atoms with van der Waals surface area (Å²) in [5.41, 5.74) is 8.62. The minimum absolute atomic E-state index is 0.301. The Morgan fingerprint density at radius 1 is 1.15 bits per heavy atom. The Bertz CT molecular complexity index is 1020. The van der Waals surface area contributed by atoms with Gasteiger partial charge in [0.2, 0.25) is 5.91 Å². The molecule has 2 aromatic carbocycles. The monoisotopic (exact) mass is 492 g/mol. The van der Waals surface area contributed by atoms with E-state index in [0.717, 1.165) is 11.1 Å². The summed E-state index contributed by atoms with van der Waals surface area (Å²) in [6.07, 6.45) is 2.95. The summed E-state index contributed by atoms with van der Waals surface area (Å²) in [5.74, 6) is 0.436. The van der Waals surface area contributed by atoms with Crippen LogP contribution in [-0.4, -0.2) is 5.91 Å². The van der Waals surface area contributed by atoms with E-state index in [2.05, 4.69) is 37.2 Å². The van der Waals surface area contributed by atoms with Crippen LogP contribution in [0, 0.1) is 12.7 Å². The number of hydrogen-bond acceptors (Lipinski definition) is 3. The highest BCUT2D eigenvalue weighted by atomic mass is 79.9. The van der Waals surface area contributed by atoms with E-state index in [-0.39, 0.29) is 11.7 Å². The normalized spacial score (nSPS) is 11.1. The molecule has 1 amide bonds.